The van der Waals surface area contributed by atoms with Crippen LogP contribution in [0.3, 0.4) is 0 Å². The molecule has 1 aliphatic rings. The number of carbonyl (C=O) groups excluding carboxylic acids is 1. The molecule has 0 saturated carbocycles. The number of pyridine rings is 1. The number of nitrogens with zero attached hydrogens (tertiary/aromatic N) is 8. The fourth-order valence-corrected chi connectivity index (χ4v) is 4.05. The predicted molar refractivity (Wildman–Crippen MR) is 123 cm³/mol. The second kappa shape index (κ2) is 8.73. The van der Waals surface area contributed by atoms with Crippen molar-refractivity contribution in [2.75, 3.05) is 5.32 Å². The molecule has 1 amide bonds. The third kappa shape index (κ3) is 4.39. The molecule has 0 aromatic carbocycles. The summed E-state index contributed by atoms with van der Waals surface area (Å²) in [5, 5.41) is 7.20. The molecule has 186 valence electrons. The van der Waals surface area contributed by atoms with Crippen molar-refractivity contribution in [1.82, 2.24) is 39.2 Å². The van der Waals surface area contributed by atoms with Gasteiger partial charge in [-0.3, -0.25) is 9.48 Å². The summed E-state index contributed by atoms with van der Waals surface area (Å²) in [7, 11) is 1.79. The number of imidazole rings is 1. The summed E-state index contributed by atoms with van der Waals surface area (Å²) in [6.45, 7) is 4.05. The van der Waals surface area contributed by atoms with Crippen LogP contribution in [-0.4, -0.2) is 51.1 Å². The largest absolute Gasteiger partial charge is 0.433 e. The van der Waals surface area contributed by atoms with Crippen molar-refractivity contribution in [1.29, 1.82) is 0 Å². The molecule has 0 spiro atoms. The van der Waals surface area contributed by atoms with Crippen LogP contribution in [0.2, 0.25) is 0 Å². The highest BCUT2D eigenvalue weighted by Crippen LogP contribution is 2.29. The lowest BCUT2D eigenvalue weighted by Crippen LogP contribution is -2.46. The van der Waals surface area contributed by atoms with Gasteiger partial charge in [0.15, 0.2) is 5.82 Å². The van der Waals surface area contributed by atoms with Crippen molar-refractivity contribution in [3.05, 3.63) is 65.6 Å². The molecular formula is C23H22F3N9O. The van der Waals surface area contributed by atoms with Gasteiger partial charge in [0.2, 0.25) is 5.95 Å². The lowest BCUT2D eigenvalue weighted by atomic mass is 10.2. The van der Waals surface area contributed by atoms with E-state index in [9.17, 15) is 18.0 Å². The number of alkyl halides is 3. The number of amides is 1. The second-order valence-electron chi connectivity index (χ2n) is 8.59. The number of hydrogen-bond donors (Lipinski definition) is 1. The van der Waals surface area contributed by atoms with Gasteiger partial charge in [-0.05, 0) is 31.5 Å². The minimum atomic E-state index is -4.56. The zero-order valence-corrected chi connectivity index (χ0v) is 19.7. The maximum absolute atomic E-state index is 13.3. The predicted octanol–water partition coefficient (Wildman–Crippen LogP) is 3.58. The molecular weight excluding hydrogens is 475 g/mol. The number of hydrogen-bond acceptors (Lipinski definition) is 7. The highest BCUT2D eigenvalue weighted by Gasteiger charge is 2.35. The molecule has 0 fully saturated rings. The first-order valence-corrected chi connectivity index (χ1v) is 11.1. The van der Waals surface area contributed by atoms with Crippen molar-refractivity contribution >= 4 is 17.7 Å². The van der Waals surface area contributed by atoms with Gasteiger partial charge in [0.05, 0.1) is 24.1 Å². The molecule has 0 bridgehead atoms. The summed E-state index contributed by atoms with van der Waals surface area (Å²) < 4.78 is 42.6. The third-order valence-electron chi connectivity index (χ3n) is 5.93. The van der Waals surface area contributed by atoms with Crippen molar-refractivity contribution in [3.63, 3.8) is 0 Å². The van der Waals surface area contributed by atoms with Gasteiger partial charge in [0.25, 0.3) is 5.91 Å². The quantitative estimate of drug-likeness (QED) is 0.449. The summed E-state index contributed by atoms with van der Waals surface area (Å²) in [6, 6.07) is 5.18. The molecule has 13 heteroatoms. The van der Waals surface area contributed by atoms with Crippen molar-refractivity contribution in [2.45, 2.75) is 39.2 Å². The summed E-state index contributed by atoms with van der Waals surface area (Å²) >= 11 is 0. The molecule has 10 nitrogen and oxygen atoms in total. The average Bonchev–Trinajstić information content (AvgIpc) is 3.43. The minimum absolute atomic E-state index is 0.0581. The minimum Gasteiger partial charge on any atom is -0.326 e. The Labute approximate surface area is 203 Å². The molecule has 4 aromatic heterocycles. The third-order valence-corrected chi connectivity index (χ3v) is 5.93. The van der Waals surface area contributed by atoms with Gasteiger partial charge in [-0.2, -0.15) is 18.3 Å². The van der Waals surface area contributed by atoms with Crippen LogP contribution >= 0.6 is 0 Å². The maximum Gasteiger partial charge on any atom is 0.433 e. The van der Waals surface area contributed by atoms with E-state index in [0.717, 1.165) is 11.6 Å². The van der Waals surface area contributed by atoms with Crippen LogP contribution in [0.4, 0.5) is 24.9 Å². The summed E-state index contributed by atoms with van der Waals surface area (Å²) in [5.74, 6) is 0.854. The second-order valence-corrected chi connectivity index (χ2v) is 8.59. The zero-order valence-electron chi connectivity index (χ0n) is 19.7. The molecule has 0 unspecified atom stereocenters. The Balaban J connectivity index is 1.42. The Morgan fingerprint density at radius 3 is 2.69 bits per heavy atom. The topological polar surface area (TPSA) is 107 Å². The highest BCUT2D eigenvalue weighted by molar-refractivity contribution is 5.92. The van der Waals surface area contributed by atoms with Gasteiger partial charge in [-0.15, -0.1) is 0 Å². The summed E-state index contributed by atoms with van der Waals surface area (Å²) in [4.78, 5) is 31.9. The SMILES string of the molecule is Cc1cnc(Nc2ccnn2C)nc1-c1cn2c(n1)C(=O)N(Cc1cccc(C(F)(F)F)n1)[C@H](C)C2. The van der Waals surface area contributed by atoms with E-state index in [2.05, 4.69) is 30.4 Å². The first-order chi connectivity index (χ1) is 17.1. The van der Waals surface area contributed by atoms with Gasteiger partial charge < -0.3 is 14.8 Å². The number of nitrogens with one attached hydrogen (secondary N) is 1. The average molecular weight is 497 g/mol. The van der Waals surface area contributed by atoms with Crippen molar-refractivity contribution in [3.8, 4) is 11.4 Å². The summed E-state index contributed by atoms with van der Waals surface area (Å²) in [5.41, 5.74) is 0.991. The molecule has 5 heterocycles. The van der Waals surface area contributed by atoms with Gasteiger partial charge in [-0.25, -0.2) is 19.9 Å². The molecule has 1 aliphatic heterocycles. The first-order valence-electron chi connectivity index (χ1n) is 11.1. The zero-order chi connectivity index (χ0) is 25.6. The molecule has 36 heavy (non-hydrogen) atoms. The smallest absolute Gasteiger partial charge is 0.326 e. The Bertz CT molecular complexity index is 1440. The molecule has 5 rings (SSSR count). The fraction of sp³-hybridized carbons (Fsp3) is 0.304. The van der Waals surface area contributed by atoms with Crippen molar-refractivity contribution in [2.24, 2.45) is 7.05 Å². The maximum atomic E-state index is 13.3. The van der Waals surface area contributed by atoms with Crippen LogP contribution < -0.4 is 5.32 Å². The molecule has 0 radical (unpaired) electrons. The number of anilines is 2. The van der Waals surface area contributed by atoms with E-state index < -0.39 is 11.9 Å². The molecule has 4 aromatic rings. The van der Waals surface area contributed by atoms with E-state index in [-0.39, 0.29) is 30.0 Å². The highest BCUT2D eigenvalue weighted by atomic mass is 19.4. The van der Waals surface area contributed by atoms with Crippen LogP contribution in [0.15, 0.2) is 42.9 Å². The molecule has 0 saturated heterocycles. The number of halogens is 3. The number of rotatable bonds is 5. The Hall–Kier alpha value is -4.29. The standard InChI is InChI=1S/C23H22F3N9O/c1-13-9-27-22(31-18-7-8-28-33(18)3)32-19(13)16-12-34-10-14(2)35(21(36)20(34)30-16)11-15-5-4-6-17(29-15)23(24,25)26/h4-9,12,14H,10-11H2,1-3H3,(H,27,31,32)/t14-/m1/s1. The van der Waals surface area contributed by atoms with Gasteiger partial charge in [0, 0.05) is 38.1 Å². The molecule has 1 N–H and O–H groups in total. The Morgan fingerprint density at radius 1 is 1.17 bits per heavy atom. The van der Waals surface area contributed by atoms with E-state index in [0.29, 0.717) is 29.7 Å². The number of fused-ring (bicyclic) bond motifs is 1. The molecule has 1 atom stereocenters. The normalized spacial score (nSPS) is 15.8. The fourth-order valence-electron chi connectivity index (χ4n) is 4.05. The van der Waals surface area contributed by atoms with Gasteiger partial charge in [-0.1, -0.05) is 6.07 Å². The number of carbonyl (C=O) groups is 1. The van der Waals surface area contributed by atoms with Crippen LogP contribution in [0.5, 0.6) is 0 Å². The monoisotopic (exact) mass is 497 g/mol. The van der Waals surface area contributed by atoms with Crippen molar-refractivity contribution < 1.29 is 18.0 Å². The van der Waals surface area contributed by atoms with Crippen LogP contribution in [0.1, 0.15) is 34.5 Å². The first kappa shape index (κ1) is 23.5. The van der Waals surface area contributed by atoms with E-state index in [1.54, 1.807) is 41.0 Å². The summed E-state index contributed by atoms with van der Waals surface area (Å²) in [6.07, 6.45) is 0.509. The van der Waals surface area contributed by atoms with E-state index in [1.165, 1.54) is 17.0 Å². The Morgan fingerprint density at radius 2 is 1.97 bits per heavy atom. The van der Waals surface area contributed by atoms with E-state index >= 15 is 0 Å². The van der Waals surface area contributed by atoms with E-state index in [1.807, 2.05) is 13.8 Å². The number of aromatic nitrogens is 7. The Kier molecular flexibility index (Phi) is 5.69. The van der Waals surface area contributed by atoms with Crippen LogP contribution in [0.25, 0.3) is 11.4 Å². The molecule has 0 aliphatic carbocycles. The van der Waals surface area contributed by atoms with Gasteiger partial charge >= 0.3 is 6.18 Å². The van der Waals surface area contributed by atoms with Crippen LogP contribution in [0, 0.1) is 6.92 Å². The van der Waals surface area contributed by atoms with Crippen LogP contribution in [-0.2, 0) is 26.3 Å². The van der Waals surface area contributed by atoms with Gasteiger partial charge in [0.1, 0.15) is 17.2 Å². The lowest BCUT2D eigenvalue weighted by Gasteiger charge is -2.33. The lowest BCUT2D eigenvalue weighted by molar-refractivity contribution is -0.141. The van der Waals surface area contributed by atoms with E-state index in [4.69, 9.17) is 0 Å². The number of aryl methyl sites for hydroxylation is 2.